The van der Waals surface area contributed by atoms with Gasteiger partial charge in [-0.2, -0.15) is 0 Å². The number of ether oxygens (including phenoxy) is 1. The Morgan fingerprint density at radius 3 is 2.55 bits per heavy atom. The molecule has 2 aromatic carbocycles. The van der Waals surface area contributed by atoms with Crippen LogP contribution in [0.5, 0.6) is 11.6 Å². The molecular formula is C23H24ClN3O4. The van der Waals surface area contributed by atoms with Crippen molar-refractivity contribution in [2.24, 2.45) is 5.73 Å². The highest BCUT2D eigenvalue weighted by Crippen LogP contribution is 2.21. The van der Waals surface area contributed by atoms with Crippen molar-refractivity contribution in [1.82, 2.24) is 10.3 Å². The number of nitrogens with zero attached hydrogens (tertiary/aromatic N) is 1. The lowest BCUT2D eigenvalue weighted by molar-refractivity contribution is 0.1000. The first-order chi connectivity index (χ1) is 14.9. The zero-order chi connectivity index (χ0) is 22.2. The van der Waals surface area contributed by atoms with E-state index >= 15 is 0 Å². The Labute approximate surface area is 185 Å². The van der Waals surface area contributed by atoms with Gasteiger partial charge in [0.05, 0.1) is 18.3 Å². The van der Waals surface area contributed by atoms with Crippen LogP contribution in [0, 0.1) is 0 Å². The van der Waals surface area contributed by atoms with Gasteiger partial charge in [0.15, 0.2) is 0 Å². The number of carbonyl (C=O) groups is 1. The second-order valence-electron chi connectivity index (χ2n) is 7.06. The van der Waals surface area contributed by atoms with Gasteiger partial charge < -0.3 is 26.0 Å². The molecule has 0 aliphatic rings. The van der Waals surface area contributed by atoms with Crippen molar-refractivity contribution in [2.45, 2.75) is 18.6 Å². The number of primary amides is 1. The number of aliphatic hydroxyl groups is 2. The van der Waals surface area contributed by atoms with E-state index in [0.29, 0.717) is 35.2 Å². The number of aliphatic hydroxyl groups excluding tert-OH is 2. The summed E-state index contributed by atoms with van der Waals surface area (Å²) < 4.78 is 5.66. The molecule has 1 heterocycles. The van der Waals surface area contributed by atoms with Crippen LogP contribution in [0.3, 0.4) is 0 Å². The molecule has 162 valence electrons. The van der Waals surface area contributed by atoms with Crippen LogP contribution in [0.2, 0.25) is 5.02 Å². The fourth-order valence-corrected chi connectivity index (χ4v) is 3.20. The van der Waals surface area contributed by atoms with Gasteiger partial charge in [-0.15, -0.1) is 0 Å². The number of pyridine rings is 1. The summed E-state index contributed by atoms with van der Waals surface area (Å²) in [5, 5.41) is 23.8. The highest BCUT2D eigenvalue weighted by molar-refractivity contribution is 6.30. The average Bonchev–Trinajstić information content (AvgIpc) is 2.78. The summed E-state index contributed by atoms with van der Waals surface area (Å²) in [6, 6.07) is 17.4. The molecule has 0 radical (unpaired) electrons. The number of aromatic nitrogens is 1. The highest BCUT2D eigenvalue weighted by Gasteiger charge is 2.13. The van der Waals surface area contributed by atoms with Gasteiger partial charge >= 0.3 is 0 Å². The van der Waals surface area contributed by atoms with Crippen molar-refractivity contribution >= 4 is 17.5 Å². The molecule has 8 heteroatoms. The van der Waals surface area contributed by atoms with Gasteiger partial charge in [-0.1, -0.05) is 35.9 Å². The molecule has 2 atom stereocenters. The van der Waals surface area contributed by atoms with Crippen LogP contribution >= 0.6 is 11.6 Å². The summed E-state index contributed by atoms with van der Waals surface area (Å²) in [6.07, 6.45) is 1.21. The van der Waals surface area contributed by atoms with E-state index in [1.165, 1.54) is 6.20 Å². The number of carbonyl (C=O) groups excluding carboxylic acids is 1. The Kier molecular flexibility index (Phi) is 7.97. The predicted molar refractivity (Wildman–Crippen MR) is 118 cm³/mol. The summed E-state index contributed by atoms with van der Waals surface area (Å²) in [4.78, 5) is 15.1. The molecule has 0 spiro atoms. The lowest BCUT2D eigenvalue weighted by Crippen LogP contribution is -2.37. The molecule has 0 aliphatic carbocycles. The largest absolute Gasteiger partial charge is 0.439 e. The fraction of sp³-hybridized carbons (Fsp3) is 0.217. The van der Waals surface area contributed by atoms with Gasteiger partial charge in [0.25, 0.3) is 0 Å². The van der Waals surface area contributed by atoms with Crippen molar-refractivity contribution in [3.05, 3.63) is 88.6 Å². The minimum Gasteiger partial charge on any atom is -0.439 e. The smallest absolute Gasteiger partial charge is 0.250 e. The molecule has 1 aromatic heterocycles. The molecule has 0 aliphatic heterocycles. The molecule has 0 bridgehead atoms. The highest BCUT2D eigenvalue weighted by atomic mass is 35.5. The molecule has 0 unspecified atom stereocenters. The molecule has 0 fully saturated rings. The van der Waals surface area contributed by atoms with E-state index in [0.717, 1.165) is 11.1 Å². The number of nitrogens with two attached hydrogens (primary N) is 1. The number of nitrogens with one attached hydrogen (secondary N) is 1. The van der Waals surface area contributed by atoms with Crippen LogP contribution < -0.4 is 15.8 Å². The van der Waals surface area contributed by atoms with Crippen molar-refractivity contribution in [1.29, 1.82) is 0 Å². The number of hydrogen-bond acceptors (Lipinski definition) is 6. The number of halogens is 1. The van der Waals surface area contributed by atoms with E-state index in [9.17, 15) is 15.0 Å². The second-order valence-corrected chi connectivity index (χ2v) is 7.49. The van der Waals surface area contributed by atoms with Crippen molar-refractivity contribution in [2.75, 3.05) is 13.2 Å². The number of amides is 1. The first-order valence-corrected chi connectivity index (χ1v) is 10.1. The molecular weight excluding hydrogens is 418 g/mol. The van der Waals surface area contributed by atoms with Gasteiger partial charge in [0, 0.05) is 29.9 Å². The van der Waals surface area contributed by atoms with Crippen molar-refractivity contribution in [3.63, 3.8) is 0 Å². The molecule has 0 saturated carbocycles. The Morgan fingerprint density at radius 1 is 1.16 bits per heavy atom. The van der Waals surface area contributed by atoms with Crippen LogP contribution in [0.15, 0.2) is 66.9 Å². The van der Waals surface area contributed by atoms with Gasteiger partial charge in [-0.05, 0) is 47.9 Å². The van der Waals surface area contributed by atoms with E-state index in [2.05, 4.69) is 10.3 Å². The molecule has 31 heavy (non-hydrogen) atoms. The maximum absolute atomic E-state index is 11.1. The monoisotopic (exact) mass is 441 g/mol. The van der Waals surface area contributed by atoms with Crippen LogP contribution in [-0.2, 0) is 6.42 Å². The molecule has 5 N–H and O–H groups in total. The van der Waals surface area contributed by atoms with Gasteiger partial charge in [-0.3, -0.25) is 4.79 Å². The minimum absolute atomic E-state index is 0.0728. The SMILES string of the molecule is NC(=O)c1ccc(Oc2ccc(C[C@@H](CO)NC[C@@H](O)c3cccc(Cl)c3)cc2)nc1. The Bertz CT molecular complexity index is 996. The minimum atomic E-state index is -0.725. The summed E-state index contributed by atoms with van der Waals surface area (Å²) in [6.45, 7) is 0.219. The molecule has 0 saturated heterocycles. The Morgan fingerprint density at radius 2 is 1.94 bits per heavy atom. The van der Waals surface area contributed by atoms with Crippen molar-refractivity contribution < 1.29 is 19.7 Å². The summed E-state index contributed by atoms with van der Waals surface area (Å²) in [5.74, 6) is 0.395. The molecule has 3 rings (SSSR count). The predicted octanol–water partition coefficient (Wildman–Crippen LogP) is 2.85. The maximum Gasteiger partial charge on any atom is 0.250 e. The first-order valence-electron chi connectivity index (χ1n) is 9.75. The van der Waals surface area contributed by atoms with E-state index in [1.807, 2.05) is 12.1 Å². The van der Waals surface area contributed by atoms with Crippen LogP contribution in [0.4, 0.5) is 0 Å². The summed E-state index contributed by atoms with van der Waals surface area (Å²) >= 11 is 5.97. The molecule has 1 amide bonds. The number of hydrogen-bond donors (Lipinski definition) is 4. The normalized spacial score (nSPS) is 12.9. The quantitative estimate of drug-likeness (QED) is 0.384. The second kappa shape index (κ2) is 10.9. The summed E-state index contributed by atoms with van der Waals surface area (Å²) in [7, 11) is 0. The van der Waals surface area contributed by atoms with E-state index < -0.39 is 12.0 Å². The summed E-state index contributed by atoms with van der Waals surface area (Å²) in [5.41, 5.74) is 7.22. The van der Waals surface area contributed by atoms with Crippen LogP contribution in [0.1, 0.15) is 27.6 Å². The zero-order valence-corrected chi connectivity index (χ0v) is 17.5. The average molecular weight is 442 g/mol. The van der Waals surface area contributed by atoms with Gasteiger partial charge in [0.1, 0.15) is 5.75 Å². The fourth-order valence-electron chi connectivity index (χ4n) is 3.00. The van der Waals surface area contributed by atoms with Gasteiger partial charge in [0.2, 0.25) is 11.8 Å². The zero-order valence-electron chi connectivity index (χ0n) is 16.7. The third kappa shape index (κ3) is 6.77. The maximum atomic E-state index is 11.1. The van der Waals surface area contributed by atoms with Crippen molar-refractivity contribution in [3.8, 4) is 11.6 Å². The van der Waals surface area contributed by atoms with E-state index in [4.69, 9.17) is 22.1 Å². The lowest BCUT2D eigenvalue weighted by Gasteiger charge is -2.19. The van der Waals surface area contributed by atoms with Gasteiger partial charge in [-0.25, -0.2) is 4.98 Å². The molecule has 7 nitrogen and oxygen atoms in total. The number of rotatable bonds is 10. The van der Waals surface area contributed by atoms with E-state index in [-0.39, 0.29) is 12.6 Å². The third-order valence-corrected chi connectivity index (χ3v) is 4.94. The van der Waals surface area contributed by atoms with Crippen LogP contribution in [0.25, 0.3) is 0 Å². The Hall–Kier alpha value is -2.97. The number of benzene rings is 2. The van der Waals surface area contributed by atoms with E-state index in [1.54, 1.807) is 48.5 Å². The first kappa shape index (κ1) is 22.7. The Balaban J connectivity index is 1.53. The third-order valence-electron chi connectivity index (χ3n) is 4.70. The standard InChI is InChI=1S/C23H24ClN3O4/c24-18-3-1-2-16(11-18)21(29)13-26-19(14-28)10-15-4-7-20(8-5-15)31-22-9-6-17(12-27-22)23(25)30/h1-9,11-12,19,21,26,28-29H,10,13-14H2,(H2,25,30)/t19-,21+/m0/s1. The lowest BCUT2D eigenvalue weighted by atomic mass is 10.1. The van der Waals surface area contributed by atoms with Crippen LogP contribution in [-0.4, -0.2) is 40.3 Å². The topological polar surface area (TPSA) is 118 Å². The molecule has 3 aromatic rings.